The van der Waals surface area contributed by atoms with Gasteiger partial charge in [0.2, 0.25) is 0 Å². The lowest BCUT2D eigenvalue weighted by atomic mass is 10.1. The van der Waals surface area contributed by atoms with E-state index in [1.54, 1.807) is 30.3 Å². The number of nitrogens with one attached hydrogen (secondary N) is 1. The number of benzene rings is 2. The maximum atomic E-state index is 12.0. The molecule has 0 aliphatic heterocycles. The molecule has 0 aromatic heterocycles. The second-order valence-electron chi connectivity index (χ2n) is 4.27. The summed E-state index contributed by atoms with van der Waals surface area (Å²) in [7, 11) is 1.53. The molecule has 0 aliphatic carbocycles. The highest BCUT2D eigenvalue weighted by Gasteiger charge is 2.08. The Morgan fingerprint density at radius 3 is 2.55 bits per heavy atom. The Balaban J connectivity index is 2.01. The van der Waals surface area contributed by atoms with Crippen LogP contribution in [0.5, 0.6) is 5.75 Å². The zero-order valence-electron chi connectivity index (χ0n) is 11.0. The van der Waals surface area contributed by atoms with E-state index in [0.29, 0.717) is 28.6 Å². The third kappa shape index (κ3) is 3.42. The summed E-state index contributed by atoms with van der Waals surface area (Å²) in [6.07, 6.45) is 0. The fourth-order valence-corrected chi connectivity index (χ4v) is 1.89. The van der Waals surface area contributed by atoms with Gasteiger partial charge in [-0.05, 0) is 35.9 Å². The monoisotopic (exact) mass is 290 g/mol. The van der Waals surface area contributed by atoms with Gasteiger partial charge in [0.1, 0.15) is 5.75 Å². The number of carbonyl (C=O) groups excluding carboxylic acids is 1. The molecular weight excluding hydrogens is 276 g/mol. The molecule has 0 saturated heterocycles. The molecular formula is C15H15ClN2O2. The van der Waals surface area contributed by atoms with Gasteiger partial charge >= 0.3 is 0 Å². The quantitative estimate of drug-likeness (QED) is 0.851. The van der Waals surface area contributed by atoms with E-state index in [1.807, 2.05) is 12.1 Å². The second kappa shape index (κ2) is 6.30. The van der Waals surface area contributed by atoms with Crippen LogP contribution in [0.25, 0.3) is 0 Å². The Kier molecular flexibility index (Phi) is 4.48. The van der Waals surface area contributed by atoms with Gasteiger partial charge in [0, 0.05) is 17.1 Å². The number of hydrogen-bond acceptors (Lipinski definition) is 3. The highest BCUT2D eigenvalue weighted by Crippen LogP contribution is 2.21. The molecule has 4 nitrogen and oxygen atoms in total. The van der Waals surface area contributed by atoms with E-state index in [4.69, 9.17) is 22.1 Å². The molecule has 5 heteroatoms. The maximum Gasteiger partial charge on any atom is 0.251 e. The van der Waals surface area contributed by atoms with Gasteiger partial charge in [-0.3, -0.25) is 4.79 Å². The average Bonchev–Trinajstić information content (AvgIpc) is 2.46. The summed E-state index contributed by atoms with van der Waals surface area (Å²) in [6.45, 7) is 0.432. The van der Waals surface area contributed by atoms with E-state index >= 15 is 0 Å². The smallest absolute Gasteiger partial charge is 0.251 e. The van der Waals surface area contributed by atoms with Gasteiger partial charge in [0.05, 0.1) is 12.8 Å². The lowest BCUT2D eigenvalue weighted by Gasteiger charge is -2.08. The molecule has 0 spiro atoms. The predicted molar refractivity (Wildman–Crippen MR) is 80.0 cm³/mol. The van der Waals surface area contributed by atoms with E-state index in [0.717, 1.165) is 5.56 Å². The molecule has 0 saturated carbocycles. The number of amides is 1. The van der Waals surface area contributed by atoms with Crippen molar-refractivity contribution in [1.29, 1.82) is 0 Å². The minimum absolute atomic E-state index is 0.186. The summed E-state index contributed by atoms with van der Waals surface area (Å²) in [5.41, 5.74) is 7.68. The number of anilines is 1. The van der Waals surface area contributed by atoms with Crippen LogP contribution in [0.1, 0.15) is 15.9 Å². The largest absolute Gasteiger partial charge is 0.495 e. The van der Waals surface area contributed by atoms with Crippen molar-refractivity contribution >= 4 is 23.2 Å². The van der Waals surface area contributed by atoms with Crippen LogP contribution < -0.4 is 15.8 Å². The summed E-state index contributed by atoms with van der Waals surface area (Å²) in [6, 6.07) is 12.2. The highest BCUT2D eigenvalue weighted by molar-refractivity contribution is 6.30. The Bertz CT molecular complexity index is 612. The van der Waals surface area contributed by atoms with E-state index in [-0.39, 0.29) is 5.91 Å². The van der Waals surface area contributed by atoms with Gasteiger partial charge < -0.3 is 15.8 Å². The molecule has 2 rings (SSSR count). The van der Waals surface area contributed by atoms with Crippen LogP contribution in [0, 0.1) is 0 Å². The van der Waals surface area contributed by atoms with Crippen LogP contribution in [0.4, 0.5) is 5.69 Å². The number of hydrogen-bond donors (Lipinski definition) is 2. The van der Waals surface area contributed by atoms with Crippen molar-refractivity contribution in [3.8, 4) is 5.75 Å². The Morgan fingerprint density at radius 2 is 1.95 bits per heavy atom. The SMILES string of the molecule is COc1ccc(C(=O)NCc2ccc(Cl)cc2)cc1N. The summed E-state index contributed by atoms with van der Waals surface area (Å²) >= 11 is 5.80. The van der Waals surface area contributed by atoms with Crippen molar-refractivity contribution in [2.45, 2.75) is 6.54 Å². The molecule has 104 valence electrons. The van der Waals surface area contributed by atoms with Crippen LogP contribution >= 0.6 is 11.6 Å². The van der Waals surface area contributed by atoms with Crippen LogP contribution in [-0.4, -0.2) is 13.0 Å². The minimum atomic E-state index is -0.186. The lowest BCUT2D eigenvalue weighted by molar-refractivity contribution is 0.0951. The molecule has 3 N–H and O–H groups in total. The molecule has 20 heavy (non-hydrogen) atoms. The van der Waals surface area contributed by atoms with Gasteiger partial charge in [-0.2, -0.15) is 0 Å². The van der Waals surface area contributed by atoms with Crippen LogP contribution in [0.3, 0.4) is 0 Å². The van der Waals surface area contributed by atoms with Crippen molar-refractivity contribution in [3.05, 3.63) is 58.6 Å². The highest BCUT2D eigenvalue weighted by atomic mass is 35.5. The summed E-state index contributed by atoms with van der Waals surface area (Å²) in [4.78, 5) is 12.0. The molecule has 2 aromatic carbocycles. The first kappa shape index (κ1) is 14.2. The fraction of sp³-hybridized carbons (Fsp3) is 0.133. The third-order valence-electron chi connectivity index (χ3n) is 2.86. The Hall–Kier alpha value is -2.20. The van der Waals surface area contributed by atoms with Crippen molar-refractivity contribution in [1.82, 2.24) is 5.32 Å². The first-order chi connectivity index (χ1) is 9.60. The van der Waals surface area contributed by atoms with Gasteiger partial charge in [-0.15, -0.1) is 0 Å². The molecule has 0 fully saturated rings. The average molecular weight is 291 g/mol. The first-order valence-corrected chi connectivity index (χ1v) is 6.44. The second-order valence-corrected chi connectivity index (χ2v) is 4.70. The van der Waals surface area contributed by atoms with Crippen LogP contribution in [0.15, 0.2) is 42.5 Å². The number of methoxy groups -OCH3 is 1. The maximum absolute atomic E-state index is 12.0. The van der Waals surface area contributed by atoms with Gasteiger partial charge in [-0.25, -0.2) is 0 Å². The van der Waals surface area contributed by atoms with Gasteiger partial charge in [0.25, 0.3) is 5.91 Å². The molecule has 1 amide bonds. The summed E-state index contributed by atoms with van der Waals surface area (Å²) in [5.74, 6) is 0.369. The van der Waals surface area contributed by atoms with Crippen LogP contribution in [-0.2, 0) is 6.54 Å². The standard InChI is InChI=1S/C15H15ClN2O2/c1-20-14-7-4-11(8-13(14)17)15(19)18-9-10-2-5-12(16)6-3-10/h2-8H,9,17H2,1H3,(H,18,19). The van der Waals surface area contributed by atoms with Crippen molar-refractivity contribution in [2.24, 2.45) is 0 Å². The predicted octanol–water partition coefficient (Wildman–Crippen LogP) is 2.86. The zero-order valence-corrected chi connectivity index (χ0v) is 11.8. The van der Waals surface area contributed by atoms with Crippen molar-refractivity contribution < 1.29 is 9.53 Å². The molecule has 0 aliphatic rings. The van der Waals surface area contributed by atoms with Crippen molar-refractivity contribution in [3.63, 3.8) is 0 Å². The first-order valence-electron chi connectivity index (χ1n) is 6.06. The summed E-state index contributed by atoms with van der Waals surface area (Å²) < 4.78 is 5.05. The number of nitrogen functional groups attached to an aromatic ring is 1. The molecule has 0 heterocycles. The van der Waals surface area contributed by atoms with E-state index in [9.17, 15) is 4.79 Å². The van der Waals surface area contributed by atoms with Crippen molar-refractivity contribution in [2.75, 3.05) is 12.8 Å². The van der Waals surface area contributed by atoms with Gasteiger partial charge in [-0.1, -0.05) is 23.7 Å². The molecule has 0 bridgehead atoms. The minimum Gasteiger partial charge on any atom is -0.495 e. The normalized spacial score (nSPS) is 10.1. The number of nitrogens with two attached hydrogens (primary N) is 1. The zero-order chi connectivity index (χ0) is 14.5. The van der Waals surface area contributed by atoms with E-state index < -0.39 is 0 Å². The van der Waals surface area contributed by atoms with E-state index in [2.05, 4.69) is 5.32 Å². The number of halogens is 1. The number of carbonyl (C=O) groups is 1. The fourth-order valence-electron chi connectivity index (χ4n) is 1.76. The van der Waals surface area contributed by atoms with Crippen LogP contribution in [0.2, 0.25) is 5.02 Å². The van der Waals surface area contributed by atoms with E-state index in [1.165, 1.54) is 7.11 Å². The third-order valence-corrected chi connectivity index (χ3v) is 3.11. The summed E-state index contributed by atoms with van der Waals surface area (Å²) in [5, 5.41) is 3.49. The molecule has 0 unspecified atom stereocenters. The molecule has 2 aromatic rings. The molecule has 0 atom stereocenters. The topological polar surface area (TPSA) is 64.3 Å². The molecule has 0 radical (unpaired) electrons. The Morgan fingerprint density at radius 1 is 1.25 bits per heavy atom. The van der Waals surface area contributed by atoms with Gasteiger partial charge in [0.15, 0.2) is 0 Å². The lowest BCUT2D eigenvalue weighted by Crippen LogP contribution is -2.22. The Labute approximate surface area is 122 Å². The number of rotatable bonds is 4. The number of ether oxygens (including phenoxy) is 1.